The smallest absolute Gasteiger partial charge is 0.237 e. The number of methoxy groups -OCH3 is 1. The van der Waals surface area contributed by atoms with Crippen LogP contribution in [0.4, 0.5) is 0 Å². The summed E-state index contributed by atoms with van der Waals surface area (Å²) in [5.74, 6) is 3.46. The second-order valence-electron chi connectivity index (χ2n) is 8.33. The average molecular weight is 430 g/mol. The molecule has 1 aliphatic rings. The van der Waals surface area contributed by atoms with Crippen molar-refractivity contribution in [2.75, 3.05) is 13.7 Å². The molecule has 0 spiro atoms. The molecule has 0 N–H and O–H groups in total. The number of aromatic nitrogens is 5. The molecule has 1 saturated heterocycles. The van der Waals surface area contributed by atoms with Crippen molar-refractivity contribution in [2.45, 2.75) is 62.6 Å². The van der Waals surface area contributed by atoms with Gasteiger partial charge >= 0.3 is 0 Å². The predicted octanol–water partition coefficient (Wildman–Crippen LogP) is 4.11. The third-order valence-corrected chi connectivity index (χ3v) is 5.89. The number of hydrogen-bond donors (Lipinski definition) is 0. The van der Waals surface area contributed by atoms with Gasteiger partial charge in [-0.1, -0.05) is 37.7 Å². The maximum absolute atomic E-state index is 5.87. The molecular formula is C21H27N5O3S. The topological polar surface area (TPSA) is 88.1 Å². The molecule has 9 heteroatoms. The Hall–Kier alpha value is -2.39. The first-order chi connectivity index (χ1) is 14.4. The summed E-state index contributed by atoms with van der Waals surface area (Å²) in [6.45, 7) is 7.72. The molecule has 1 aliphatic heterocycles. The van der Waals surface area contributed by atoms with E-state index in [-0.39, 0.29) is 11.5 Å². The third-order valence-electron chi connectivity index (χ3n) is 4.94. The van der Waals surface area contributed by atoms with E-state index < -0.39 is 0 Å². The molecule has 1 fully saturated rings. The van der Waals surface area contributed by atoms with Gasteiger partial charge in [0.25, 0.3) is 0 Å². The van der Waals surface area contributed by atoms with E-state index in [1.165, 1.54) is 0 Å². The molecule has 3 aromatic rings. The molecule has 0 bridgehead atoms. The summed E-state index contributed by atoms with van der Waals surface area (Å²) in [7, 11) is 1.66. The van der Waals surface area contributed by atoms with Crippen LogP contribution in [0.5, 0.6) is 5.75 Å². The van der Waals surface area contributed by atoms with E-state index in [9.17, 15) is 0 Å². The van der Waals surface area contributed by atoms with Gasteiger partial charge in [0.2, 0.25) is 5.89 Å². The standard InChI is InChI=1S/C21H27N5O3S/c1-21(2,3)19-22-17(29-25-19)13-30-20-24-23-18(14-7-9-15(27-4)10-8-14)26(20)12-16-6-5-11-28-16/h7-10,16H,5-6,11-13H2,1-4H3. The van der Waals surface area contributed by atoms with Gasteiger partial charge in [0.15, 0.2) is 16.8 Å². The van der Waals surface area contributed by atoms with E-state index in [2.05, 4.69) is 45.7 Å². The largest absolute Gasteiger partial charge is 0.497 e. The van der Waals surface area contributed by atoms with Crippen LogP contribution in [0.1, 0.15) is 45.3 Å². The fourth-order valence-electron chi connectivity index (χ4n) is 3.25. The van der Waals surface area contributed by atoms with Gasteiger partial charge in [-0.05, 0) is 37.1 Å². The summed E-state index contributed by atoms with van der Waals surface area (Å²) < 4.78 is 18.7. The normalized spacial score (nSPS) is 16.9. The fraction of sp³-hybridized carbons (Fsp3) is 0.524. The summed E-state index contributed by atoms with van der Waals surface area (Å²) >= 11 is 1.54. The van der Waals surface area contributed by atoms with Gasteiger partial charge in [-0.15, -0.1) is 10.2 Å². The van der Waals surface area contributed by atoms with Crippen molar-refractivity contribution in [2.24, 2.45) is 0 Å². The molecule has 160 valence electrons. The van der Waals surface area contributed by atoms with Gasteiger partial charge in [0.1, 0.15) is 5.75 Å². The van der Waals surface area contributed by atoms with Crippen molar-refractivity contribution in [3.05, 3.63) is 36.0 Å². The minimum Gasteiger partial charge on any atom is -0.497 e. The van der Waals surface area contributed by atoms with Gasteiger partial charge < -0.3 is 14.0 Å². The highest BCUT2D eigenvalue weighted by Gasteiger charge is 2.24. The van der Waals surface area contributed by atoms with Crippen molar-refractivity contribution in [3.8, 4) is 17.1 Å². The Morgan fingerprint density at radius 3 is 2.63 bits per heavy atom. The van der Waals surface area contributed by atoms with Gasteiger partial charge in [0, 0.05) is 17.6 Å². The first-order valence-electron chi connectivity index (χ1n) is 10.1. The van der Waals surface area contributed by atoms with E-state index in [0.717, 1.165) is 41.7 Å². The molecule has 8 nitrogen and oxygen atoms in total. The number of rotatable bonds is 7. The quantitative estimate of drug-likeness (QED) is 0.519. The third kappa shape index (κ3) is 4.67. The lowest BCUT2D eigenvalue weighted by Gasteiger charge is -2.14. The van der Waals surface area contributed by atoms with Crippen LogP contribution in [0.15, 0.2) is 33.9 Å². The van der Waals surface area contributed by atoms with E-state index >= 15 is 0 Å². The molecule has 1 atom stereocenters. The van der Waals surface area contributed by atoms with Gasteiger partial charge in [-0.25, -0.2) is 0 Å². The Balaban J connectivity index is 1.56. The molecule has 2 aromatic heterocycles. The maximum atomic E-state index is 5.87. The second-order valence-corrected chi connectivity index (χ2v) is 9.27. The lowest BCUT2D eigenvalue weighted by atomic mass is 9.96. The first-order valence-corrected chi connectivity index (χ1v) is 11.1. The van der Waals surface area contributed by atoms with E-state index in [1.807, 2.05) is 24.3 Å². The highest BCUT2D eigenvalue weighted by atomic mass is 32.2. The highest BCUT2D eigenvalue weighted by molar-refractivity contribution is 7.98. The Morgan fingerprint density at radius 2 is 2.00 bits per heavy atom. The molecule has 1 aromatic carbocycles. The van der Waals surface area contributed by atoms with Crippen LogP contribution < -0.4 is 4.74 Å². The van der Waals surface area contributed by atoms with E-state index in [1.54, 1.807) is 18.9 Å². The van der Waals surface area contributed by atoms with Crippen molar-refractivity contribution in [1.29, 1.82) is 0 Å². The molecule has 0 amide bonds. The van der Waals surface area contributed by atoms with Crippen molar-refractivity contribution < 1.29 is 14.0 Å². The Morgan fingerprint density at radius 1 is 1.20 bits per heavy atom. The zero-order valence-corrected chi connectivity index (χ0v) is 18.6. The molecule has 30 heavy (non-hydrogen) atoms. The molecule has 1 unspecified atom stereocenters. The van der Waals surface area contributed by atoms with Crippen molar-refractivity contribution >= 4 is 11.8 Å². The summed E-state index contributed by atoms with van der Waals surface area (Å²) in [6.07, 6.45) is 2.31. The van der Waals surface area contributed by atoms with E-state index in [4.69, 9.17) is 14.0 Å². The predicted molar refractivity (Wildman–Crippen MR) is 114 cm³/mol. The number of nitrogens with zero attached hydrogens (tertiary/aromatic N) is 5. The Bertz CT molecular complexity index is 971. The minimum atomic E-state index is -0.145. The summed E-state index contributed by atoms with van der Waals surface area (Å²) in [4.78, 5) is 4.52. The fourth-order valence-corrected chi connectivity index (χ4v) is 4.04. The average Bonchev–Trinajstić information content (AvgIpc) is 3.48. The molecule has 0 aliphatic carbocycles. The maximum Gasteiger partial charge on any atom is 0.237 e. The van der Waals surface area contributed by atoms with Crippen LogP contribution >= 0.6 is 11.8 Å². The summed E-state index contributed by atoms with van der Waals surface area (Å²) in [5, 5.41) is 13.8. The molecule has 4 rings (SSSR count). The lowest BCUT2D eigenvalue weighted by molar-refractivity contribution is 0.0953. The van der Waals surface area contributed by atoms with Crippen LogP contribution in [0, 0.1) is 0 Å². The number of thioether (sulfide) groups is 1. The van der Waals surface area contributed by atoms with E-state index in [0.29, 0.717) is 24.0 Å². The molecular weight excluding hydrogens is 402 g/mol. The Labute approximate surface area is 180 Å². The monoisotopic (exact) mass is 429 g/mol. The van der Waals surface area contributed by atoms with Crippen LogP contribution in [-0.2, 0) is 22.4 Å². The zero-order chi connectivity index (χ0) is 21.1. The zero-order valence-electron chi connectivity index (χ0n) is 17.8. The molecule has 3 heterocycles. The molecule has 0 radical (unpaired) electrons. The van der Waals surface area contributed by atoms with Crippen molar-refractivity contribution in [1.82, 2.24) is 24.9 Å². The molecule has 0 saturated carbocycles. The lowest BCUT2D eigenvalue weighted by Crippen LogP contribution is -2.16. The summed E-state index contributed by atoms with van der Waals surface area (Å²) in [5.41, 5.74) is 0.842. The van der Waals surface area contributed by atoms with Gasteiger partial charge in [-0.3, -0.25) is 4.57 Å². The number of ether oxygens (including phenoxy) is 2. The van der Waals surface area contributed by atoms with Gasteiger partial charge in [-0.2, -0.15) is 4.98 Å². The van der Waals surface area contributed by atoms with Crippen LogP contribution in [-0.4, -0.2) is 44.7 Å². The number of hydrogen-bond acceptors (Lipinski definition) is 8. The first kappa shape index (κ1) is 20.9. The Kier molecular flexibility index (Phi) is 6.10. The van der Waals surface area contributed by atoms with Gasteiger partial charge in [0.05, 0.1) is 25.5 Å². The van der Waals surface area contributed by atoms with Crippen LogP contribution in [0.3, 0.4) is 0 Å². The summed E-state index contributed by atoms with van der Waals surface area (Å²) in [6, 6.07) is 7.85. The second kappa shape index (κ2) is 8.77. The van der Waals surface area contributed by atoms with Crippen molar-refractivity contribution in [3.63, 3.8) is 0 Å². The number of benzene rings is 1. The highest BCUT2D eigenvalue weighted by Crippen LogP contribution is 2.29. The van der Waals surface area contributed by atoms with Crippen LogP contribution in [0.2, 0.25) is 0 Å². The van der Waals surface area contributed by atoms with Crippen LogP contribution in [0.25, 0.3) is 11.4 Å². The minimum absolute atomic E-state index is 0.145. The SMILES string of the molecule is COc1ccc(-c2nnc(SCc3nc(C(C)(C)C)no3)n2CC2CCCO2)cc1.